The number of aromatic nitrogens is 3. The van der Waals surface area contributed by atoms with Crippen LogP contribution in [0.25, 0.3) is 0 Å². The second-order valence-electron chi connectivity index (χ2n) is 4.40. The maximum Gasteiger partial charge on any atom is 0.243 e. The molecule has 0 fully saturated rings. The monoisotopic (exact) mass is 295 g/mol. The number of hydrogen-bond acceptors (Lipinski definition) is 5. The van der Waals surface area contributed by atoms with Gasteiger partial charge < -0.3 is 10.3 Å². The first kappa shape index (κ1) is 14.5. The number of aryl methyl sites for hydroxylation is 2. The molecule has 1 aromatic heterocycles. The Labute approximate surface area is 117 Å². The summed E-state index contributed by atoms with van der Waals surface area (Å²) in [4.78, 5) is 0.0747. The summed E-state index contributed by atoms with van der Waals surface area (Å²) in [6, 6.07) is 4.83. The van der Waals surface area contributed by atoms with Crippen LogP contribution in [0, 0.1) is 6.92 Å². The summed E-state index contributed by atoms with van der Waals surface area (Å²) in [5.74, 6) is 0.557. The fourth-order valence-corrected chi connectivity index (χ4v) is 2.92. The van der Waals surface area contributed by atoms with Gasteiger partial charge in [0.15, 0.2) is 0 Å². The molecule has 7 nitrogen and oxygen atoms in total. The average molecular weight is 295 g/mol. The molecule has 20 heavy (non-hydrogen) atoms. The minimum atomic E-state index is -3.66. The lowest BCUT2D eigenvalue weighted by Crippen LogP contribution is -2.25. The normalized spacial score (nSPS) is 11.7. The first-order chi connectivity index (χ1) is 9.44. The zero-order chi connectivity index (χ0) is 14.8. The molecule has 0 saturated carbocycles. The van der Waals surface area contributed by atoms with Crippen LogP contribution < -0.4 is 10.5 Å². The first-order valence-corrected chi connectivity index (χ1v) is 7.65. The molecular formula is C12H17N5O2S. The highest BCUT2D eigenvalue weighted by atomic mass is 32.2. The van der Waals surface area contributed by atoms with Gasteiger partial charge in [0.25, 0.3) is 0 Å². The van der Waals surface area contributed by atoms with E-state index in [0.29, 0.717) is 12.4 Å². The van der Waals surface area contributed by atoms with E-state index < -0.39 is 10.0 Å². The van der Waals surface area contributed by atoms with Crippen molar-refractivity contribution in [2.45, 2.75) is 31.8 Å². The van der Waals surface area contributed by atoms with Gasteiger partial charge in [-0.15, -0.1) is 10.2 Å². The van der Waals surface area contributed by atoms with E-state index >= 15 is 0 Å². The Hall–Kier alpha value is -1.93. The zero-order valence-electron chi connectivity index (χ0n) is 11.4. The molecule has 0 radical (unpaired) electrons. The number of nitrogens with zero attached hydrogens (tertiary/aromatic N) is 3. The third-order valence-electron chi connectivity index (χ3n) is 2.91. The van der Waals surface area contributed by atoms with E-state index in [1.807, 2.05) is 13.8 Å². The van der Waals surface area contributed by atoms with E-state index in [-0.39, 0.29) is 17.1 Å². The Balaban J connectivity index is 2.19. The quantitative estimate of drug-likeness (QED) is 0.789. The molecule has 0 aliphatic carbocycles. The molecule has 0 spiro atoms. The second kappa shape index (κ2) is 5.59. The molecule has 1 heterocycles. The number of sulfonamides is 1. The predicted molar refractivity (Wildman–Crippen MR) is 75.3 cm³/mol. The summed E-state index contributed by atoms with van der Waals surface area (Å²) in [7, 11) is -3.66. The molecule has 0 amide bonds. The molecule has 0 atom stereocenters. The minimum Gasteiger partial charge on any atom is -0.398 e. The molecular weight excluding hydrogens is 278 g/mol. The summed E-state index contributed by atoms with van der Waals surface area (Å²) in [6.45, 7) is 4.53. The highest BCUT2D eigenvalue weighted by Crippen LogP contribution is 2.19. The molecule has 0 unspecified atom stereocenters. The maximum atomic E-state index is 12.2. The molecule has 2 aromatic rings. The number of benzene rings is 1. The molecule has 108 valence electrons. The van der Waals surface area contributed by atoms with Crippen LogP contribution in [0.3, 0.4) is 0 Å². The number of hydrogen-bond donors (Lipinski definition) is 2. The smallest absolute Gasteiger partial charge is 0.243 e. The number of anilines is 1. The van der Waals surface area contributed by atoms with Crippen LogP contribution in [0.15, 0.2) is 29.4 Å². The predicted octanol–water partition coefficient (Wildman–Crippen LogP) is 0.667. The van der Waals surface area contributed by atoms with Gasteiger partial charge in [-0.05, 0) is 31.5 Å². The van der Waals surface area contributed by atoms with Crippen molar-refractivity contribution in [3.05, 3.63) is 35.9 Å². The summed E-state index contributed by atoms with van der Waals surface area (Å²) >= 11 is 0. The minimum absolute atomic E-state index is 0.0729. The van der Waals surface area contributed by atoms with Gasteiger partial charge in [-0.3, -0.25) is 0 Å². The van der Waals surface area contributed by atoms with E-state index in [9.17, 15) is 8.42 Å². The van der Waals surface area contributed by atoms with Gasteiger partial charge in [0, 0.05) is 6.54 Å². The Kier molecular flexibility index (Phi) is 4.05. The fraction of sp³-hybridized carbons (Fsp3) is 0.333. The highest BCUT2D eigenvalue weighted by Gasteiger charge is 2.18. The Morgan fingerprint density at radius 2 is 2.15 bits per heavy atom. The molecule has 0 saturated heterocycles. The van der Waals surface area contributed by atoms with Crippen molar-refractivity contribution in [3.63, 3.8) is 0 Å². The van der Waals surface area contributed by atoms with Gasteiger partial charge in [-0.1, -0.05) is 6.07 Å². The number of nitrogens with one attached hydrogen (secondary N) is 1. The topological polar surface area (TPSA) is 103 Å². The molecule has 2 rings (SSSR count). The Morgan fingerprint density at radius 1 is 1.40 bits per heavy atom. The number of rotatable bonds is 5. The Morgan fingerprint density at radius 3 is 2.80 bits per heavy atom. The third kappa shape index (κ3) is 2.97. The lowest BCUT2D eigenvalue weighted by Gasteiger charge is -2.09. The van der Waals surface area contributed by atoms with E-state index in [1.54, 1.807) is 23.0 Å². The molecule has 1 aromatic carbocycles. The molecule has 0 bridgehead atoms. The zero-order valence-corrected chi connectivity index (χ0v) is 12.2. The van der Waals surface area contributed by atoms with Crippen LogP contribution in [0.4, 0.5) is 5.69 Å². The van der Waals surface area contributed by atoms with Crippen LogP contribution in [0.1, 0.15) is 18.3 Å². The van der Waals surface area contributed by atoms with E-state index in [1.165, 1.54) is 6.07 Å². The summed E-state index contributed by atoms with van der Waals surface area (Å²) in [6.07, 6.45) is 1.56. The lowest BCUT2D eigenvalue weighted by atomic mass is 10.2. The Bertz CT molecular complexity index is 708. The van der Waals surface area contributed by atoms with Crippen molar-refractivity contribution in [1.82, 2.24) is 19.5 Å². The summed E-state index contributed by atoms with van der Waals surface area (Å²) < 4.78 is 28.7. The number of nitrogens with two attached hydrogens (primary N) is 1. The van der Waals surface area contributed by atoms with Crippen molar-refractivity contribution >= 4 is 15.7 Å². The van der Waals surface area contributed by atoms with Crippen molar-refractivity contribution in [1.29, 1.82) is 0 Å². The van der Waals surface area contributed by atoms with E-state index in [0.717, 1.165) is 5.56 Å². The van der Waals surface area contributed by atoms with Gasteiger partial charge in [0.1, 0.15) is 17.0 Å². The van der Waals surface area contributed by atoms with Crippen LogP contribution in [0.2, 0.25) is 0 Å². The average Bonchev–Trinajstić information content (AvgIpc) is 2.83. The van der Waals surface area contributed by atoms with Crippen molar-refractivity contribution in [3.8, 4) is 0 Å². The van der Waals surface area contributed by atoms with E-state index in [2.05, 4.69) is 14.9 Å². The molecule has 0 aliphatic heterocycles. The van der Waals surface area contributed by atoms with Gasteiger partial charge >= 0.3 is 0 Å². The maximum absolute atomic E-state index is 12.2. The van der Waals surface area contributed by atoms with Gasteiger partial charge in [-0.25, -0.2) is 13.1 Å². The van der Waals surface area contributed by atoms with Crippen molar-refractivity contribution < 1.29 is 8.42 Å². The standard InChI is InChI=1S/C12H17N5O2S/c1-3-17-8-14-16-12(17)7-15-20(18,19)11-5-4-9(2)6-10(11)13/h4-6,8,15H,3,7,13H2,1-2H3. The third-order valence-corrected chi connectivity index (χ3v) is 4.39. The van der Waals surface area contributed by atoms with Crippen molar-refractivity contribution in [2.75, 3.05) is 5.73 Å². The fourth-order valence-electron chi connectivity index (χ4n) is 1.83. The van der Waals surface area contributed by atoms with Crippen LogP contribution in [0.5, 0.6) is 0 Å². The SMILES string of the molecule is CCn1cnnc1CNS(=O)(=O)c1ccc(C)cc1N. The highest BCUT2D eigenvalue weighted by molar-refractivity contribution is 7.89. The van der Waals surface area contributed by atoms with Gasteiger partial charge in [0.05, 0.1) is 12.2 Å². The lowest BCUT2D eigenvalue weighted by molar-refractivity contribution is 0.575. The molecule has 0 aliphatic rings. The van der Waals surface area contributed by atoms with Gasteiger partial charge in [-0.2, -0.15) is 0 Å². The summed E-state index contributed by atoms with van der Waals surface area (Å²) in [5, 5.41) is 7.62. The van der Waals surface area contributed by atoms with E-state index in [4.69, 9.17) is 5.73 Å². The van der Waals surface area contributed by atoms with Crippen molar-refractivity contribution in [2.24, 2.45) is 0 Å². The largest absolute Gasteiger partial charge is 0.398 e. The van der Waals surface area contributed by atoms with Crippen LogP contribution in [-0.2, 0) is 23.1 Å². The van der Waals surface area contributed by atoms with Crippen LogP contribution in [-0.4, -0.2) is 23.2 Å². The second-order valence-corrected chi connectivity index (χ2v) is 6.13. The van der Waals surface area contributed by atoms with Crippen LogP contribution >= 0.6 is 0 Å². The number of nitrogen functional groups attached to an aromatic ring is 1. The first-order valence-electron chi connectivity index (χ1n) is 6.16. The molecule has 3 N–H and O–H groups in total. The summed E-state index contributed by atoms with van der Waals surface area (Å²) in [5.41, 5.74) is 6.90. The molecule has 8 heteroatoms. The van der Waals surface area contributed by atoms with Gasteiger partial charge in [0.2, 0.25) is 10.0 Å².